The summed E-state index contributed by atoms with van der Waals surface area (Å²) in [4.78, 5) is 24.9. The minimum absolute atomic E-state index is 0.207. The Bertz CT molecular complexity index is 580. The molecule has 1 atom stereocenters. The number of aliphatic carboxylic acids is 1. The van der Waals surface area contributed by atoms with Crippen molar-refractivity contribution in [3.8, 4) is 0 Å². The highest BCUT2D eigenvalue weighted by Crippen LogP contribution is 2.27. The van der Waals surface area contributed by atoms with Gasteiger partial charge in [0.1, 0.15) is 11.6 Å². The second-order valence-corrected chi connectivity index (χ2v) is 6.52. The fourth-order valence-corrected chi connectivity index (χ4v) is 2.48. The highest BCUT2D eigenvalue weighted by molar-refractivity contribution is 6.30. The van der Waals surface area contributed by atoms with E-state index in [2.05, 4.69) is 0 Å². The number of nitrogens with zero attached hydrogens (tertiary/aromatic N) is 1. The van der Waals surface area contributed by atoms with Crippen molar-refractivity contribution >= 4 is 23.7 Å². The molecule has 1 aromatic rings. The molecule has 0 radical (unpaired) electrons. The van der Waals surface area contributed by atoms with Crippen LogP contribution in [0, 0.1) is 0 Å². The van der Waals surface area contributed by atoms with Gasteiger partial charge in [-0.2, -0.15) is 0 Å². The highest BCUT2D eigenvalue weighted by atomic mass is 35.5. The lowest BCUT2D eigenvalue weighted by molar-refractivity contribution is -0.143. The molecule has 1 aliphatic rings. The summed E-state index contributed by atoms with van der Waals surface area (Å²) in [5.74, 6) is -1.05. The Morgan fingerprint density at radius 1 is 1.33 bits per heavy atom. The summed E-state index contributed by atoms with van der Waals surface area (Å²) in [5, 5.41) is 9.93. The molecule has 6 heteroatoms. The summed E-state index contributed by atoms with van der Waals surface area (Å²) in [5.41, 5.74) is 1.08. The molecule has 1 N–H and O–H groups in total. The molecule has 21 heavy (non-hydrogen) atoms. The average Bonchev–Trinajstić information content (AvgIpc) is 2.34. The highest BCUT2D eigenvalue weighted by Gasteiger charge is 2.36. The van der Waals surface area contributed by atoms with Crippen molar-refractivity contribution in [2.45, 2.75) is 45.4 Å². The molecule has 114 valence electrons. The zero-order chi connectivity index (χ0) is 15.8. The van der Waals surface area contributed by atoms with E-state index in [0.717, 1.165) is 11.1 Å². The third-order valence-corrected chi connectivity index (χ3v) is 3.45. The Morgan fingerprint density at radius 3 is 2.57 bits per heavy atom. The smallest absolute Gasteiger partial charge is 0.411 e. The Labute approximate surface area is 128 Å². The van der Waals surface area contributed by atoms with E-state index in [9.17, 15) is 14.7 Å². The fourth-order valence-electron chi connectivity index (χ4n) is 2.28. The van der Waals surface area contributed by atoms with Crippen molar-refractivity contribution in [1.82, 2.24) is 4.90 Å². The second kappa shape index (κ2) is 5.56. The summed E-state index contributed by atoms with van der Waals surface area (Å²) >= 11 is 5.94. The first-order valence-corrected chi connectivity index (χ1v) is 7.05. The van der Waals surface area contributed by atoms with Crippen LogP contribution in [-0.4, -0.2) is 33.7 Å². The Kier molecular flexibility index (Phi) is 4.14. The lowest BCUT2D eigenvalue weighted by atomic mass is 9.94. The van der Waals surface area contributed by atoms with Crippen LogP contribution in [0.15, 0.2) is 18.2 Å². The van der Waals surface area contributed by atoms with Crippen LogP contribution in [0.5, 0.6) is 0 Å². The lowest BCUT2D eigenvalue weighted by Gasteiger charge is -2.35. The molecule has 1 aromatic carbocycles. The van der Waals surface area contributed by atoms with Gasteiger partial charge in [0.2, 0.25) is 0 Å². The van der Waals surface area contributed by atoms with E-state index < -0.39 is 23.7 Å². The third kappa shape index (κ3) is 3.67. The van der Waals surface area contributed by atoms with Gasteiger partial charge < -0.3 is 9.84 Å². The first-order chi connectivity index (χ1) is 9.67. The van der Waals surface area contributed by atoms with E-state index in [1.54, 1.807) is 32.9 Å². The standard InChI is InChI=1S/C15H18ClNO4/c1-15(2,3)21-14(20)17-8-9-4-5-11(16)6-10(9)7-12(17)13(18)19/h4-6,12H,7-8H2,1-3H3,(H,18,19)/t12-/m0/s1. The maximum Gasteiger partial charge on any atom is 0.411 e. The summed E-state index contributed by atoms with van der Waals surface area (Å²) in [6.45, 7) is 5.45. The maximum atomic E-state index is 12.2. The topological polar surface area (TPSA) is 66.8 Å². The van der Waals surface area contributed by atoms with Crippen LogP contribution in [0.1, 0.15) is 31.9 Å². The number of ether oxygens (including phenoxy) is 1. The molecule has 1 heterocycles. The molecule has 2 rings (SSSR count). The monoisotopic (exact) mass is 311 g/mol. The van der Waals surface area contributed by atoms with Crippen molar-refractivity contribution in [1.29, 1.82) is 0 Å². The van der Waals surface area contributed by atoms with Gasteiger partial charge in [-0.05, 0) is 44.0 Å². The van der Waals surface area contributed by atoms with Gasteiger partial charge in [0, 0.05) is 11.4 Å². The Hall–Kier alpha value is -1.75. The van der Waals surface area contributed by atoms with Crippen molar-refractivity contribution in [3.05, 3.63) is 34.3 Å². The summed E-state index contributed by atoms with van der Waals surface area (Å²) < 4.78 is 5.29. The number of rotatable bonds is 1. The van der Waals surface area contributed by atoms with Crippen molar-refractivity contribution in [2.75, 3.05) is 0 Å². The SMILES string of the molecule is CC(C)(C)OC(=O)N1Cc2ccc(Cl)cc2C[C@H]1C(=O)O. The van der Waals surface area contributed by atoms with Crippen molar-refractivity contribution in [2.24, 2.45) is 0 Å². The van der Waals surface area contributed by atoms with Crippen LogP contribution in [0.2, 0.25) is 5.02 Å². The zero-order valence-electron chi connectivity index (χ0n) is 12.2. The van der Waals surface area contributed by atoms with Crippen LogP contribution >= 0.6 is 11.6 Å². The number of halogens is 1. The summed E-state index contributed by atoms with van der Waals surface area (Å²) in [7, 11) is 0. The average molecular weight is 312 g/mol. The number of benzene rings is 1. The van der Waals surface area contributed by atoms with Gasteiger partial charge in [-0.1, -0.05) is 17.7 Å². The molecular weight excluding hydrogens is 294 g/mol. The number of hydrogen-bond acceptors (Lipinski definition) is 3. The first kappa shape index (κ1) is 15.6. The van der Waals surface area contributed by atoms with E-state index in [1.165, 1.54) is 4.90 Å². The lowest BCUT2D eigenvalue weighted by Crippen LogP contribution is -2.50. The van der Waals surface area contributed by atoms with E-state index in [4.69, 9.17) is 16.3 Å². The second-order valence-electron chi connectivity index (χ2n) is 6.08. The molecule has 0 spiro atoms. The number of fused-ring (bicyclic) bond motifs is 1. The van der Waals surface area contributed by atoms with Gasteiger partial charge in [-0.15, -0.1) is 0 Å². The summed E-state index contributed by atoms with van der Waals surface area (Å²) in [6, 6.07) is 4.35. The Morgan fingerprint density at radius 2 is 2.00 bits per heavy atom. The molecule has 0 aromatic heterocycles. The largest absolute Gasteiger partial charge is 0.480 e. The van der Waals surface area contributed by atoms with Gasteiger partial charge in [0.15, 0.2) is 0 Å². The van der Waals surface area contributed by atoms with Gasteiger partial charge in [-0.25, -0.2) is 9.59 Å². The van der Waals surface area contributed by atoms with Gasteiger partial charge in [0.25, 0.3) is 0 Å². The zero-order valence-corrected chi connectivity index (χ0v) is 13.0. The van der Waals surface area contributed by atoms with Crippen LogP contribution in [-0.2, 0) is 22.5 Å². The summed E-state index contributed by atoms with van der Waals surface area (Å²) in [6.07, 6.45) is -0.389. The Balaban J connectivity index is 2.30. The first-order valence-electron chi connectivity index (χ1n) is 6.67. The van der Waals surface area contributed by atoms with Crippen LogP contribution < -0.4 is 0 Å². The van der Waals surface area contributed by atoms with Gasteiger partial charge >= 0.3 is 12.1 Å². The molecule has 0 fully saturated rings. The van der Waals surface area contributed by atoms with Gasteiger partial charge in [0.05, 0.1) is 6.54 Å². The third-order valence-electron chi connectivity index (χ3n) is 3.21. The van der Waals surface area contributed by atoms with E-state index in [-0.39, 0.29) is 13.0 Å². The molecule has 0 aliphatic carbocycles. The van der Waals surface area contributed by atoms with E-state index in [1.807, 2.05) is 6.07 Å². The molecule has 0 unspecified atom stereocenters. The predicted molar refractivity (Wildman–Crippen MR) is 78.4 cm³/mol. The van der Waals surface area contributed by atoms with Crippen LogP contribution in [0.4, 0.5) is 4.79 Å². The number of carboxylic acid groups (broad SMARTS) is 1. The molecular formula is C15H18ClNO4. The fraction of sp³-hybridized carbons (Fsp3) is 0.467. The molecule has 5 nitrogen and oxygen atoms in total. The number of hydrogen-bond donors (Lipinski definition) is 1. The number of amides is 1. The predicted octanol–water partition coefficient (Wildman–Crippen LogP) is 3.09. The van der Waals surface area contributed by atoms with Crippen LogP contribution in [0.25, 0.3) is 0 Å². The van der Waals surface area contributed by atoms with E-state index >= 15 is 0 Å². The maximum absolute atomic E-state index is 12.2. The molecule has 0 saturated heterocycles. The molecule has 1 aliphatic heterocycles. The number of carbonyl (C=O) groups is 2. The molecule has 0 saturated carbocycles. The number of carbonyl (C=O) groups excluding carboxylic acids is 1. The quantitative estimate of drug-likeness (QED) is 0.865. The minimum atomic E-state index is -1.05. The van der Waals surface area contributed by atoms with Crippen molar-refractivity contribution < 1.29 is 19.4 Å². The number of carboxylic acids is 1. The van der Waals surface area contributed by atoms with E-state index in [0.29, 0.717) is 5.02 Å². The van der Waals surface area contributed by atoms with Gasteiger partial charge in [-0.3, -0.25) is 4.90 Å². The molecule has 0 bridgehead atoms. The minimum Gasteiger partial charge on any atom is -0.480 e. The van der Waals surface area contributed by atoms with Crippen molar-refractivity contribution in [3.63, 3.8) is 0 Å². The molecule has 1 amide bonds. The van der Waals surface area contributed by atoms with Crippen LogP contribution in [0.3, 0.4) is 0 Å². The normalized spacial score (nSPS) is 18.1.